The lowest BCUT2D eigenvalue weighted by molar-refractivity contribution is -0.116. The second kappa shape index (κ2) is 5.60. The number of carbonyl (C=O) groups is 2. The summed E-state index contributed by atoms with van der Waals surface area (Å²) in [5, 5.41) is 9.08. The van der Waals surface area contributed by atoms with E-state index in [1.165, 1.54) is 20.1 Å². The number of alkyl halides is 1. The van der Waals surface area contributed by atoms with E-state index >= 15 is 0 Å². The molecule has 0 N–H and O–H groups in total. The Kier molecular flexibility index (Phi) is 4.41. The zero-order valence-electron chi connectivity index (χ0n) is 9.36. The second-order valence-electron chi connectivity index (χ2n) is 3.35. The molecule has 1 rings (SSSR count). The number of hydrogen-bond donors (Lipinski definition) is 0. The predicted octanol–water partition coefficient (Wildman–Crippen LogP) is 2.37. The van der Waals surface area contributed by atoms with Crippen molar-refractivity contribution in [2.75, 3.05) is 7.11 Å². The molecule has 0 aliphatic heterocycles. The SMILES string of the molecule is COC(=O)c1cccc(C(Br)C(C)=O)c1C#N. The normalized spacial score (nSPS) is 11.4. The molecule has 0 saturated heterocycles. The van der Waals surface area contributed by atoms with Crippen molar-refractivity contribution in [2.45, 2.75) is 11.8 Å². The average Bonchev–Trinajstić information content (AvgIpc) is 2.35. The number of rotatable bonds is 3. The average molecular weight is 296 g/mol. The molecule has 88 valence electrons. The Bertz CT molecular complexity index is 505. The maximum atomic E-state index is 11.5. The Hall–Kier alpha value is -1.67. The lowest BCUT2D eigenvalue weighted by Crippen LogP contribution is -2.09. The van der Waals surface area contributed by atoms with Crippen LogP contribution in [0.5, 0.6) is 0 Å². The number of ketones is 1. The number of hydrogen-bond acceptors (Lipinski definition) is 4. The number of carbonyl (C=O) groups excluding carboxylic acids is 2. The number of esters is 1. The number of nitrogens with zero attached hydrogens (tertiary/aromatic N) is 1. The minimum absolute atomic E-state index is 0.136. The van der Waals surface area contributed by atoms with Crippen molar-refractivity contribution >= 4 is 27.7 Å². The Morgan fingerprint density at radius 2 is 2.12 bits per heavy atom. The van der Waals surface area contributed by atoms with Crippen LogP contribution in [0.4, 0.5) is 0 Å². The van der Waals surface area contributed by atoms with Crippen molar-refractivity contribution in [1.82, 2.24) is 0 Å². The molecule has 4 nitrogen and oxygen atoms in total. The first-order valence-electron chi connectivity index (χ1n) is 4.78. The Balaban J connectivity index is 3.39. The summed E-state index contributed by atoms with van der Waals surface area (Å²) in [5.74, 6) is -0.727. The number of halogens is 1. The van der Waals surface area contributed by atoms with E-state index in [9.17, 15) is 9.59 Å². The molecule has 0 aliphatic carbocycles. The maximum Gasteiger partial charge on any atom is 0.339 e. The van der Waals surface area contributed by atoms with Crippen LogP contribution in [0.25, 0.3) is 0 Å². The van der Waals surface area contributed by atoms with E-state index in [0.717, 1.165) is 0 Å². The van der Waals surface area contributed by atoms with Gasteiger partial charge in [-0.3, -0.25) is 4.79 Å². The van der Waals surface area contributed by atoms with Crippen LogP contribution in [0.15, 0.2) is 18.2 Å². The number of Topliss-reactive ketones (excluding diaryl/α,β-unsaturated/α-hetero) is 1. The molecule has 0 amide bonds. The van der Waals surface area contributed by atoms with Gasteiger partial charge in [0, 0.05) is 0 Å². The summed E-state index contributed by atoms with van der Waals surface area (Å²) in [5.41, 5.74) is 0.803. The van der Waals surface area contributed by atoms with Crippen molar-refractivity contribution < 1.29 is 14.3 Å². The molecule has 5 heteroatoms. The van der Waals surface area contributed by atoms with Gasteiger partial charge >= 0.3 is 5.97 Å². The fourth-order valence-corrected chi connectivity index (χ4v) is 1.79. The van der Waals surface area contributed by atoms with Gasteiger partial charge in [0.05, 0.1) is 23.1 Å². The molecule has 0 radical (unpaired) electrons. The molecule has 0 saturated carbocycles. The van der Waals surface area contributed by atoms with E-state index in [4.69, 9.17) is 5.26 Å². The van der Waals surface area contributed by atoms with Crippen molar-refractivity contribution in [3.05, 3.63) is 34.9 Å². The van der Waals surface area contributed by atoms with Crippen molar-refractivity contribution in [3.63, 3.8) is 0 Å². The molecule has 1 aromatic carbocycles. The third-order valence-corrected chi connectivity index (χ3v) is 3.38. The standard InChI is InChI=1S/C12H10BrNO3/c1-7(15)11(13)8-4-3-5-9(10(8)6-14)12(16)17-2/h3-5,11H,1-2H3. The molecule has 0 heterocycles. The van der Waals surface area contributed by atoms with Crippen molar-refractivity contribution in [3.8, 4) is 6.07 Å². The number of benzene rings is 1. The van der Waals surface area contributed by atoms with Crippen LogP contribution in [0.2, 0.25) is 0 Å². The highest BCUT2D eigenvalue weighted by Gasteiger charge is 2.21. The third kappa shape index (κ3) is 2.71. The largest absolute Gasteiger partial charge is 0.465 e. The van der Waals surface area contributed by atoms with Crippen LogP contribution < -0.4 is 0 Å². The van der Waals surface area contributed by atoms with E-state index in [2.05, 4.69) is 20.7 Å². The van der Waals surface area contributed by atoms with E-state index in [1.54, 1.807) is 12.1 Å². The Labute approximate surface area is 107 Å². The Morgan fingerprint density at radius 1 is 1.47 bits per heavy atom. The maximum absolute atomic E-state index is 11.5. The highest BCUT2D eigenvalue weighted by atomic mass is 79.9. The van der Waals surface area contributed by atoms with Crippen molar-refractivity contribution in [2.24, 2.45) is 0 Å². The van der Waals surface area contributed by atoms with Crippen molar-refractivity contribution in [1.29, 1.82) is 5.26 Å². The first-order valence-corrected chi connectivity index (χ1v) is 5.70. The molecular formula is C12H10BrNO3. The molecule has 0 aliphatic rings. The van der Waals surface area contributed by atoms with Gasteiger partial charge in [-0.25, -0.2) is 4.79 Å². The minimum atomic E-state index is -0.596. The lowest BCUT2D eigenvalue weighted by atomic mass is 9.98. The first kappa shape index (κ1) is 13.4. The second-order valence-corrected chi connectivity index (χ2v) is 4.26. The topological polar surface area (TPSA) is 67.2 Å². The van der Waals surface area contributed by atoms with Gasteiger partial charge in [0.1, 0.15) is 11.9 Å². The first-order chi connectivity index (χ1) is 8.02. The van der Waals surface area contributed by atoms with Crippen LogP contribution in [0, 0.1) is 11.3 Å². The summed E-state index contributed by atoms with van der Waals surface area (Å²) in [4.78, 5) is 22.2. The number of nitriles is 1. The van der Waals surface area contributed by atoms with Crippen LogP contribution in [0.1, 0.15) is 33.2 Å². The van der Waals surface area contributed by atoms with Gasteiger partial charge in [-0.15, -0.1) is 0 Å². The fraction of sp³-hybridized carbons (Fsp3) is 0.250. The number of ether oxygens (including phenoxy) is 1. The summed E-state index contributed by atoms with van der Waals surface area (Å²) in [6.45, 7) is 1.41. The molecule has 1 unspecified atom stereocenters. The van der Waals surface area contributed by atoms with Crippen LogP contribution in [0.3, 0.4) is 0 Å². The van der Waals surface area contributed by atoms with Gasteiger partial charge in [-0.2, -0.15) is 5.26 Å². The summed E-state index contributed by atoms with van der Waals surface area (Å²) in [6, 6.07) is 6.67. The highest BCUT2D eigenvalue weighted by Crippen LogP contribution is 2.28. The van der Waals surface area contributed by atoms with E-state index in [-0.39, 0.29) is 16.9 Å². The highest BCUT2D eigenvalue weighted by molar-refractivity contribution is 9.09. The van der Waals surface area contributed by atoms with Gasteiger partial charge in [0.2, 0.25) is 0 Å². The van der Waals surface area contributed by atoms with Crippen LogP contribution >= 0.6 is 15.9 Å². The fourth-order valence-electron chi connectivity index (χ4n) is 1.41. The van der Waals surface area contributed by atoms with E-state index in [1.807, 2.05) is 6.07 Å². The minimum Gasteiger partial charge on any atom is -0.465 e. The van der Waals surface area contributed by atoms with E-state index in [0.29, 0.717) is 5.56 Å². The quantitative estimate of drug-likeness (QED) is 0.634. The van der Waals surface area contributed by atoms with Crippen LogP contribution in [-0.4, -0.2) is 18.9 Å². The number of methoxy groups -OCH3 is 1. The van der Waals surface area contributed by atoms with Gasteiger partial charge in [-0.05, 0) is 18.6 Å². The molecule has 0 spiro atoms. The summed E-state index contributed by atoms with van der Waals surface area (Å²) in [7, 11) is 1.24. The van der Waals surface area contributed by atoms with Gasteiger partial charge in [0.25, 0.3) is 0 Å². The van der Waals surface area contributed by atoms with Gasteiger partial charge in [-0.1, -0.05) is 28.1 Å². The van der Waals surface area contributed by atoms with Gasteiger partial charge in [0.15, 0.2) is 0 Å². The zero-order valence-corrected chi connectivity index (χ0v) is 10.9. The van der Waals surface area contributed by atoms with E-state index < -0.39 is 10.8 Å². The van der Waals surface area contributed by atoms with Gasteiger partial charge < -0.3 is 4.74 Å². The predicted molar refractivity (Wildman–Crippen MR) is 64.8 cm³/mol. The zero-order chi connectivity index (χ0) is 13.0. The molecule has 0 aromatic heterocycles. The molecule has 1 aromatic rings. The smallest absolute Gasteiger partial charge is 0.339 e. The summed E-state index contributed by atoms with van der Waals surface area (Å²) >= 11 is 3.19. The van der Waals surface area contributed by atoms with Crippen LogP contribution in [-0.2, 0) is 9.53 Å². The monoisotopic (exact) mass is 295 g/mol. The molecule has 17 heavy (non-hydrogen) atoms. The molecule has 0 bridgehead atoms. The summed E-state index contributed by atoms with van der Waals surface area (Å²) < 4.78 is 4.58. The Morgan fingerprint density at radius 3 is 2.59 bits per heavy atom. The summed E-state index contributed by atoms with van der Waals surface area (Å²) in [6.07, 6.45) is 0. The molecule has 0 fully saturated rings. The third-order valence-electron chi connectivity index (χ3n) is 2.24. The lowest BCUT2D eigenvalue weighted by Gasteiger charge is -2.11. The molecule has 1 atom stereocenters. The molecular weight excluding hydrogens is 286 g/mol.